The molecule has 0 aliphatic heterocycles. The minimum absolute atomic E-state index is 0.0235. The number of benzene rings is 1. The van der Waals surface area contributed by atoms with E-state index in [1.165, 1.54) is 7.05 Å². The summed E-state index contributed by atoms with van der Waals surface area (Å²) < 4.78 is 0. The number of carbonyl (C=O) groups is 1. The van der Waals surface area contributed by atoms with Gasteiger partial charge < -0.3 is 5.32 Å². The van der Waals surface area contributed by atoms with E-state index in [9.17, 15) is 25.0 Å². The summed E-state index contributed by atoms with van der Waals surface area (Å²) in [6.07, 6.45) is 0. The van der Waals surface area contributed by atoms with Crippen molar-refractivity contribution in [1.82, 2.24) is 0 Å². The molecular formula is C8H6ClN3O5. The maximum absolute atomic E-state index is 11.0. The Morgan fingerprint density at radius 3 is 2.12 bits per heavy atom. The maximum Gasteiger partial charge on any atom is 0.299 e. The van der Waals surface area contributed by atoms with Crippen molar-refractivity contribution in [2.75, 3.05) is 12.4 Å². The van der Waals surface area contributed by atoms with Gasteiger partial charge in [-0.1, -0.05) is 0 Å². The van der Waals surface area contributed by atoms with Gasteiger partial charge in [0.1, 0.15) is 11.3 Å². The van der Waals surface area contributed by atoms with Crippen molar-refractivity contribution >= 4 is 33.9 Å². The quantitative estimate of drug-likeness (QED) is 0.502. The number of nitro benzene ring substituents is 2. The molecule has 0 radical (unpaired) electrons. The van der Waals surface area contributed by atoms with Crippen LogP contribution in [0.5, 0.6) is 0 Å². The van der Waals surface area contributed by atoms with E-state index >= 15 is 0 Å². The minimum atomic E-state index is -1.05. The van der Waals surface area contributed by atoms with E-state index in [1.54, 1.807) is 0 Å². The van der Waals surface area contributed by atoms with Crippen molar-refractivity contribution in [2.45, 2.75) is 0 Å². The lowest BCUT2D eigenvalue weighted by Gasteiger charge is -2.04. The van der Waals surface area contributed by atoms with Crippen LogP contribution in [0.4, 0.5) is 17.1 Å². The van der Waals surface area contributed by atoms with E-state index in [4.69, 9.17) is 11.6 Å². The highest BCUT2D eigenvalue weighted by Gasteiger charge is 2.26. The number of halogens is 1. The summed E-state index contributed by atoms with van der Waals surface area (Å²) in [6, 6.07) is 1.67. The third-order valence-corrected chi connectivity index (χ3v) is 2.19. The van der Waals surface area contributed by atoms with Crippen LogP contribution in [0.25, 0.3) is 0 Å². The predicted octanol–water partition coefficient (Wildman–Crippen LogP) is 1.92. The number of rotatable bonds is 4. The topological polar surface area (TPSA) is 115 Å². The van der Waals surface area contributed by atoms with E-state index in [2.05, 4.69) is 5.32 Å². The molecule has 1 rings (SSSR count). The average molecular weight is 260 g/mol. The Labute approximate surface area is 99.5 Å². The van der Waals surface area contributed by atoms with Gasteiger partial charge in [0, 0.05) is 7.05 Å². The highest BCUT2D eigenvalue weighted by atomic mass is 35.5. The van der Waals surface area contributed by atoms with Crippen LogP contribution >= 0.6 is 11.6 Å². The molecule has 90 valence electrons. The number of nitrogens with one attached hydrogen (secondary N) is 1. The van der Waals surface area contributed by atoms with Gasteiger partial charge >= 0.3 is 0 Å². The first-order valence-electron chi connectivity index (χ1n) is 4.23. The zero-order valence-corrected chi connectivity index (χ0v) is 9.22. The van der Waals surface area contributed by atoms with Crippen LogP contribution in [0.15, 0.2) is 12.1 Å². The highest BCUT2D eigenvalue weighted by molar-refractivity contribution is 6.68. The van der Waals surface area contributed by atoms with E-state index in [1.807, 2.05) is 0 Å². The van der Waals surface area contributed by atoms with Crippen LogP contribution in [-0.2, 0) is 0 Å². The molecule has 0 atom stereocenters. The fourth-order valence-electron chi connectivity index (χ4n) is 1.24. The van der Waals surface area contributed by atoms with Crippen molar-refractivity contribution in [3.05, 3.63) is 37.9 Å². The molecule has 9 heteroatoms. The zero-order valence-electron chi connectivity index (χ0n) is 8.47. The van der Waals surface area contributed by atoms with Gasteiger partial charge in [0.05, 0.1) is 15.9 Å². The van der Waals surface area contributed by atoms with Crippen molar-refractivity contribution in [1.29, 1.82) is 0 Å². The first kappa shape index (κ1) is 12.8. The van der Waals surface area contributed by atoms with Crippen LogP contribution in [0.1, 0.15) is 10.4 Å². The molecule has 0 saturated carbocycles. The lowest BCUT2D eigenvalue weighted by atomic mass is 10.1. The third kappa shape index (κ3) is 2.48. The Morgan fingerprint density at radius 2 is 1.76 bits per heavy atom. The molecule has 0 aliphatic carbocycles. The second kappa shape index (κ2) is 4.74. The van der Waals surface area contributed by atoms with Gasteiger partial charge in [0.2, 0.25) is 0 Å². The van der Waals surface area contributed by atoms with Crippen LogP contribution < -0.4 is 5.32 Å². The first-order valence-corrected chi connectivity index (χ1v) is 4.60. The second-order valence-corrected chi connectivity index (χ2v) is 3.27. The number of hydrogen-bond donors (Lipinski definition) is 1. The predicted molar refractivity (Wildman–Crippen MR) is 59.5 cm³/mol. The molecule has 0 amide bonds. The third-order valence-electron chi connectivity index (χ3n) is 1.99. The molecule has 0 bridgehead atoms. The lowest BCUT2D eigenvalue weighted by Crippen LogP contribution is -2.03. The monoisotopic (exact) mass is 259 g/mol. The highest BCUT2D eigenvalue weighted by Crippen LogP contribution is 2.33. The molecule has 1 N–H and O–H groups in total. The molecule has 8 nitrogen and oxygen atoms in total. The van der Waals surface area contributed by atoms with Crippen molar-refractivity contribution in [3.8, 4) is 0 Å². The molecule has 0 unspecified atom stereocenters. The molecule has 0 fully saturated rings. The maximum atomic E-state index is 11.0. The molecular weight excluding hydrogens is 254 g/mol. The van der Waals surface area contributed by atoms with E-state index < -0.39 is 32.0 Å². The Morgan fingerprint density at radius 1 is 1.24 bits per heavy atom. The average Bonchev–Trinajstić information content (AvgIpc) is 2.26. The van der Waals surface area contributed by atoms with Crippen LogP contribution in [0.2, 0.25) is 0 Å². The summed E-state index contributed by atoms with van der Waals surface area (Å²) in [5.74, 6) is 0. The first-order chi connectivity index (χ1) is 7.88. The SMILES string of the molecule is CNc1cc(C(=O)Cl)c([N+](=O)[O-])cc1[N+](=O)[O-]. The van der Waals surface area contributed by atoms with Gasteiger partial charge in [-0.3, -0.25) is 25.0 Å². The number of carbonyl (C=O) groups excluding carboxylic acids is 1. The molecule has 0 aromatic heterocycles. The van der Waals surface area contributed by atoms with Crippen molar-refractivity contribution in [3.63, 3.8) is 0 Å². The normalized spacial score (nSPS) is 9.76. The summed E-state index contributed by atoms with van der Waals surface area (Å²) in [5, 5.41) is 22.7. The van der Waals surface area contributed by atoms with Gasteiger partial charge in [-0.15, -0.1) is 0 Å². The Balaban J connectivity index is 3.59. The molecule has 17 heavy (non-hydrogen) atoms. The fraction of sp³-hybridized carbons (Fsp3) is 0.125. The summed E-state index contributed by atoms with van der Waals surface area (Å²) in [4.78, 5) is 30.6. The minimum Gasteiger partial charge on any atom is -0.383 e. The van der Waals surface area contributed by atoms with E-state index in [0.717, 1.165) is 6.07 Å². The van der Waals surface area contributed by atoms with Gasteiger partial charge in [0.15, 0.2) is 0 Å². The Kier molecular flexibility index (Phi) is 3.59. The van der Waals surface area contributed by atoms with Gasteiger partial charge in [-0.05, 0) is 17.7 Å². The Hall–Kier alpha value is -2.22. The summed E-state index contributed by atoms with van der Waals surface area (Å²) in [5.41, 5.74) is -1.62. The van der Waals surface area contributed by atoms with Crippen molar-refractivity contribution in [2.24, 2.45) is 0 Å². The van der Waals surface area contributed by atoms with Gasteiger partial charge in [0.25, 0.3) is 16.6 Å². The number of nitro groups is 2. The molecule has 1 aromatic carbocycles. The molecule has 0 saturated heterocycles. The summed E-state index contributed by atoms with van der Waals surface area (Å²) in [7, 11) is 1.39. The van der Waals surface area contributed by atoms with Crippen molar-refractivity contribution < 1.29 is 14.6 Å². The van der Waals surface area contributed by atoms with Crippen LogP contribution in [0, 0.1) is 20.2 Å². The smallest absolute Gasteiger partial charge is 0.299 e. The number of hydrogen-bond acceptors (Lipinski definition) is 6. The molecule has 0 heterocycles. The molecule has 1 aromatic rings. The second-order valence-electron chi connectivity index (χ2n) is 2.92. The van der Waals surface area contributed by atoms with Crippen LogP contribution in [-0.4, -0.2) is 22.1 Å². The lowest BCUT2D eigenvalue weighted by molar-refractivity contribution is -0.393. The fourth-order valence-corrected chi connectivity index (χ4v) is 1.39. The zero-order chi connectivity index (χ0) is 13.2. The molecule has 0 aliphatic rings. The van der Waals surface area contributed by atoms with E-state index in [0.29, 0.717) is 6.07 Å². The Bertz CT molecular complexity index is 516. The standard InChI is InChI=1S/C8H6ClN3O5/c1-10-5-2-4(8(9)13)6(11(14)15)3-7(5)12(16)17/h2-3,10H,1H3. The van der Waals surface area contributed by atoms with Crippen LogP contribution in [0.3, 0.4) is 0 Å². The summed E-state index contributed by atoms with van der Waals surface area (Å²) in [6.45, 7) is 0. The summed E-state index contributed by atoms with van der Waals surface area (Å²) >= 11 is 5.17. The largest absolute Gasteiger partial charge is 0.383 e. The van der Waals surface area contributed by atoms with E-state index in [-0.39, 0.29) is 5.69 Å². The molecule has 0 spiro atoms. The number of anilines is 1. The number of nitrogens with zero attached hydrogens (tertiary/aromatic N) is 2. The van der Waals surface area contributed by atoms with Gasteiger partial charge in [-0.25, -0.2) is 0 Å². The van der Waals surface area contributed by atoms with Gasteiger partial charge in [-0.2, -0.15) is 0 Å².